The van der Waals surface area contributed by atoms with E-state index in [0.29, 0.717) is 5.56 Å². The molecule has 2 aromatic rings. The molecule has 16 heteroatoms. The average Bonchev–Trinajstić information content (AvgIpc) is 3.30. The van der Waals surface area contributed by atoms with Crippen LogP contribution in [0.3, 0.4) is 0 Å². The molecule has 222 valence electrons. The largest absolute Gasteiger partial charge is 0.481 e. The molecule has 0 saturated heterocycles. The van der Waals surface area contributed by atoms with Gasteiger partial charge in [-0.1, -0.05) is 18.2 Å². The molecule has 4 atom stereocenters. The number of hydrogen-bond acceptors (Lipinski definition) is 8. The zero-order valence-corrected chi connectivity index (χ0v) is 21.9. The second-order valence-electron chi connectivity index (χ2n) is 9.30. The van der Waals surface area contributed by atoms with E-state index >= 15 is 0 Å². The second kappa shape index (κ2) is 15.0. The first-order valence-electron chi connectivity index (χ1n) is 12.5. The lowest BCUT2D eigenvalue weighted by molar-refractivity contribution is -0.142. The third kappa shape index (κ3) is 10.2. The molecule has 1 aromatic heterocycles. The van der Waals surface area contributed by atoms with Crippen LogP contribution in [-0.4, -0.2) is 80.8 Å². The summed E-state index contributed by atoms with van der Waals surface area (Å²) in [4.78, 5) is 87.2. The normalized spacial score (nSPS) is 13.8. The van der Waals surface area contributed by atoms with Crippen LogP contribution >= 0.6 is 0 Å². The Balaban J connectivity index is 2.18. The zero-order valence-electron chi connectivity index (χ0n) is 21.9. The molecule has 1 aromatic carbocycles. The molecular weight excluding hydrogens is 542 g/mol. The fourth-order valence-electron chi connectivity index (χ4n) is 3.92. The maximum atomic E-state index is 13.0. The van der Waals surface area contributed by atoms with Gasteiger partial charge in [0, 0.05) is 36.4 Å². The lowest BCUT2D eigenvalue weighted by atomic mass is 10.0. The maximum Gasteiger partial charge on any atom is 0.326 e. The summed E-state index contributed by atoms with van der Waals surface area (Å²) in [6.07, 6.45) is -0.590. The van der Waals surface area contributed by atoms with Crippen molar-refractivity contribution >= 4 is 52.4 Å². The highest BCUT2D eigenvalue weighted by atomic mass is 16.4. The highest BCUT2D eigenvalue weighted by Gasteiger charge is 2.32. The molecule has 1 heterocycles. The van der Waals surface area contributed by atoms with E-state index in [-0.39, 0.29) is 25.7 Å². The number of H-pyrrole nitrogens is 1. The Morgan fingerprint density at radius 1 is 0.780 bits per heavy atom. The molecule has 12 N–H and O–H groups in total. The SMILES string of the molecule is NC(=O)CCC(NC(=O)C(N)CCC(=O)O)C(=O)NC(CC(N)=O)C(=O)NC(Cc1c[nH]c2ccccc12)C(=O)O. The lowest BCUT2D eigenvalue weighted by Crippen LogP contribution is -2.58. The number of para-hydroxylation sites is 1. The number of carbonyl (C=O) groups is 7. The van der Waals surface area contributed by atoms with Crippen LogP contribution < -0.4 is 33.2 Å². The van der Waals surface area contributed by atoms with Gasteiger partial charge in [-0.15, -0.1) is 0 Å². The molecule has 0 aliphatic heterocycles. The Hall–Kier alpha value is -4.99. The highest BCUT2D eigenvalue weighted by molar-refractivity contribution is 5.96. The Bertz CT molecular complexity index is 1310. The van der Waals surface area contributed by atoms with E-state index in [2.05, 4.69) is 20.9 Å². The molecular formula is C25H33N7O9. The van der Waals surface area contributed by atoms with Crippen molar-refractivity contribution in [2.45, 2.75) is 62.7 Å². The van der Waals surface area contributed by atoms with Gasteiger partial charge in [0.25, 0.3) is 0 Å². The van der Waals surface area contributed by atoms with Gasteiger partial charge >= 0.3 is 11.9 Å². The highest BCUT2D eigenvalue weighted by Crippen LogP contribution is 2.19. The molecule has 2 rings (SSSR count). The van der Waals surface area contributed by atoms with Crippen molar-refractivity contribution in [2.24, 2.45) is 17.2 Å². The second-order valence-corrected chi connectivity index (χ2v) is 9.30. The number of carboxylic acid groups (broad SMARTS) is 2. The first kappa shape index (κ1) is 32.2. The molecule has 0 aliphatic rings. The van der Waals surface area contributed by atoms with E-state index in [1.54, 1.807) is 30.5 Å². The summed E-state index contributed by atoms with van der Waals surface area (Å²) in [6, 6.07) is 1.25. The smallest absolute Gasteiger partial charge is 0.326 e. The summed E-state index contributed by atoms with van der Waals surface area (Å²) >= 11 is 0. The molecule has 41 heavy (non-hydrogen) atoms. The van der Waals surface area contributed by atoms with Crippen molar-refractivity contribution in [3.63, 3.8) is 0 Å². The number of benzene rings is 1. The summed E-state index contributed by atoms with van der Waals surface area (Å²) in [6.45, 7) is 0. The molecule has 0 fully saturated rings. The monoisotopic (exact) mass is 575 g/mol. The van der Waals surface area contributed by atoms with Crippen LogP contribution in [0, 0.1) is 0 Å². The van der Waals surface area contributed by atoms with Gasteiger partial charge in [0.1, 0.15) is 18.1 Å². The Morgan fingerprint density at radius 2 is 1.39 bits per heavy atom. The van der Waals surface area contributed by atoms with Crippen molar-refractivity contribution in [3.05, 3.63) is 36.0 Å². The third-order valence-corrected chi connectivity index (χ3v) is 6.07. The van der Waals surface area contributed by atoms with Gasteiger partial charge in [0.05, 0.1) is 12.5 Å². The lowest BCUT2D eigenvalue weighted by Gasteiger charge is -2.24. The number of aromatic nitrogens is 1. The Labute approximate surface area is 233 Å². The minimum absolute atomic E-state index is 0.131. The first-order valence-corrected chi connectivity index (χ1v) is 12.5. The van der Waals surface area contributed by atoms with Crippen LogP contribution in [0.25, 0.3) is 10.9 Å². The Morgan fingerprint density at radius 3 is 2.00 bits per heavy atom. The number of aliphatic carboxylic acids is 2. The van der Waals surface area contributed by atoms with Crippen LogP contribution in [0.2, 0.25) is 0 Å². The zero-order chi connectivity index (χ0) is 30.7. The average molecular weight is 576 g/mol. The number of aromatic amines is 1. The minimum Gasteiger partial charge on any atom is -0.481 e. The molecule has 0 radical (unpaired) electrons. The number of amides is 5. The number of fused-ring (bicyclic) bond motifs is 1. The van der Waals surface area contributed by atoms with Crippen molar-refractivity contribution in [2.75, 3.05) is 0 Å². The third-order valence-electron chi connectivity index (χ3n) is 6.07. The number of carboxylic acids is 2. The van der Waals surface area contributed by atoms with Crippen molar-refractivity contribution in [1.82, 2.24) is 20.9 Å². The van der Waals surface area contributed by atoms with Crippen molar-refractivity contribution in [1.29, 1.82) is 0 Å². The van der Waals surface area contributed by atoms with E-state index in [0.717, 1.165) is 10.9 Å². The summed E-state index contributed by atoms with van der Waals surface area (Å²) in [5.41, 5.74) is 17.4. The predicted octanol–water partition coefficient (Wildman–Crippen LogP) is -2.42. The molecule has 0 bridgehead atoms. The van der Waals surface area contributed by atoms with Crippen molar-refractivity contribution in [3.8, 4) is 0 Å². The van der Waals surface area contributed by atoms with Gasteiger partial charge in [0.15, 0.2) is 0 Å². The predicted molar refractivity (Wildman–Crippen MR) is 143 cm³/mol. The number of nitrogens with two attached hydrogens (primary N) is 3. The van der Waals surface area contributed by atoms with E-state index < -0.39 is 78.5 Å². The van der Waals surface area contributed by atoms with Gasteiger partial charge in [0.2, 0.25) is 29.5 Å². The van der Waals surface area contributed by atoms with E-state index in [1.807, 2.05) is 0 Å². The minimum atomic E-state index is -1.64. The topological polar surface area (TPSA) is 290 Å². The number of hydrogen-bond donors (Lipinski definition) is 9. The van der Waals surface area contributed by atoms with E-state index in [1.165, 1.54) is 0 Å². The molecule has 0 spiro atoms. The van der Waals surface area contributed by atoms with Gasteiger partial charge in [-0.05, 0) is 24.5 Å². The fourth-order valence-corrected chi connectivity index (χ4v) is 3.92. The molecule has 5 amide bonds. The van der Waals surface area contributed by atoms with Crippen molar-refractivity contribution < 1.29 is 43.8 Å². The van der Waals surface area contributed by atoms with E-state index in [4.69, 9.17) is 22.3 Å². The standard InChI is InChI=1S/C25H33N7O9/c26-14(5-8-21(35)36)22(37)30-16(6-7-19(27)33)23(38)31-17(10-20(28)34)24(39)32-18(25(40)41)9-12-11-29-15-4-2-1-3-13(12)15/h1-4,11,14,16-18,29H,5-10,26H2,(H2,27,33)(H2,28,34)(H,30,37)(H,31,38)(H,32,39)(H,35,36)(H,40,41). The Kier molecular flexibility index (Phi) is 11.8. The van der Waals surface area contributed by atoms with Gasteiger partial charge in [-0.2, -0.15) is 0 Å². The number of primary amides is 2. The molecule has 0 saturated carbocycles. The maximum absolute atomic E-state index is 13.0. The van der Waals surface area contributed by atoms with Crippen LogP contribution in [0.15, 0.2) is 30.5 Å². The van der Waals surface area contributed by atoms with Crippen LogP contribution in [0.5, 0.6) is 0 Å². The number of carbonyl (C=O) groups excluding carboxylic acids is 5. The summed E-state index contributed by atoms with van der Waals surface area (Å²) < 4.78 is 0. The van der Waals surface area contributed by atoms with Gasteiger partial charge < -0.3 is 48.3 Å². The summed E-state index contributed by atoms with van der Waals surface area (Å²) in [5.74, 6) is -7.34. The molecule has 4 unspecified atom stereocenters. The van der Waals surface area contributed by atoms with E-state index in [9.17, 15) is 38.7 Å². The van der Waals surface area contributed by atoms with Gasteiger partial charge in [-0.25, -0.2) is 4.79 Å². The molecule has 16 nitrogen and oxygen atoms in total. The fraction of sp³-hybridized carbons (Fsp3) is 0.400. The number of nitrogens with one attached hydrogen (secondary N) is 4. The first-order chi connectivity index (χ1) is 19.3. The summed E-state index contributed by atoms with van der Waals surface area (Å²) in [7, 11) is 0. The van der Waals surface area contributed by atoms with Gasteiger partial charge in [-0.3, -0.25) is 28.8 Å². The van der Waals surface area contributed by atoms with Crippen LogP contribution in [-0.2, 0) is 40.0 Å². The van der Waals surface area contributed by atoms with Crippen LogP contribution in [0.4, 0.5) is 0 Å². The van der Waals surface area contributed by atoms with Crippen LogP contribution in [0.1, 0.15) is 37.7 Å². The summed E-state index contributed by atoms with van der Waals surface area (Å²) in [5, 5.41) is 26.1. The quantitative estimate of drug-likeness (QED) is 0.0961. The molecule has 0 aliphatic carbocycles. The number of rotatable bonds is 17.